The Labute approximate surface area is 326 Å². The van der Waals surface area contributed by atoms with Crippen LogP contribution in [0.3, 0.4) is 0 Å². The number of aliphatic hydroxyl groups excluding tert-OH is 1. The van der Waals surface area contributed by atoms with Crippen LogP contribution >= 0.6 is 0 Å². The van der Waals surface area contributed by atoms with Crippen molar-refractivity contribution < 1.29 is 28.9 Å². The highest BCUT2D eigenvalue weighted by molar-refractivity contribution is 5.69. The molecule has 1 N–H and O–H groups in total. The van der Waals surface area contributed by atoms with Crippen molar-refractivity contribution in [3.8, 4) is 0 Å². The molecule has 0 heterocycles. The minimum Gasteiger partial charge on any atom is -0.462 e. The van der Waals surface area contributed by atoms with Gasteiger partial charge in [-0.2, -0.15) is 0 Å². The molecule has 4 saturated carbocycles. The van der Waals surface area contributed by atoms with E-state index in [2.05, 4.69) is 18.7 Å². The standard InChI is InChI=1S/C46H85NO6/c1-3-5-7-9-12-18-24-43(25-19-13-10-8-6-4-2)53-44(49)26-20-14-11-15-21-28-47(30-31-48)29-22-16-17-23-32-51-45(50)52-33-27-46-37-40-34-41(38-46)36-42(35-40)39-46/h40-43,48H,3-39H2,1-2H3. The zero-order valence-electron chi connectivity index (χ0n) is 34.9. The monoisotopic (exact) mass is 748 g/mol. The Bertz CT molecular complexity index is 874. The summed E-state index contributed by atoms with van der Waals surface area (Å²) < 4.78 is 16.9. The second-order valence-electron chi connectivity index (χ2n) is 17.8. The van der Waals surface area contributed by atoms with Crippen LogP contribution in [0.1, 0.15) is 213 Å². The molecule has 0 aromatic rings. The molecule has 53 heavy (non-hydrogen) atoms. The maximum atomic E-state index is 12.7. The molecule has 4 fully saturated rings. The number of hydrogen-bond acceptors (Lipinski definition) is 7. The molecule has 7 nitrogen and oxygen atoms in total. The Hall–Kier alpha value is -1.34. The first-order valence-electron chi connectivity index (χ1n) is 23.3. The average molecular weight is 748 g/mol. The number of nitrogens with zero attached hydrogens (tertiary/aromatic N) is 1. The van der Waals surface area contributed by atoms with E-state index in [1.807, 2.05) is 0 Å². The summed E-state index contributed by atoms with van der Waals surface area (Å²) in [6, 6.07) is 0. The van der Waals surface area contributed by atoms with Gasteiger partial charge in [0.15, 0.2) is 0 Å². The fourth-order valence-electron chi connectivity index (χ4n) is 10.4. The second kappa shape index (κ2) is 29.0. The van der Waals surface area contributed by atoms with Crippen molar-refractivity contribution in [3.63, 3.8) is 0 Å². The van der Waals surface area contributed by atoms with Gasteiger partial charge in [0.25, 0.3) is 0 Å². The number of esters is 1. The number of ether oxygens (including phenoxy) is 3. The minimum absolute atomic E-state index is 0.00927. The molecule has 4 aliphatic rings. The van der Waals surface area contributed by atoms with Gasteiger partial charge in [0.2, 0.25) is 0 Å². The van der Waals surface area contributed by atoms with Crippen LogP contribution in [0.2, 0.25) is 0 Å². The Kier molecular flexibility index (Phi) is 25.2. The van der Waals surface area contributed by atoms with Gasteiger partial charge in [0.1, 0.15) is 6.10 Å². The quantitative estimate of drug-likeness (QED) is 0.0510. The summed E-state index contributed by atoms with van der Waals surface area (Å²) in [4.78, 5) is 27.3. The molecule has 0 amide bonds. The van der Waals surface area contributed by atoms with Crippen molar-refractivity contribution in [2.75, 3.05) is 39.5 Å². The van der Waals surface area contributed by atoms with Gasteiger partial charge in [-0.25, -0.2) is 4.79 Å². The Morgan fingerprint density at radius 3 is 1.62 bits per heavy atom. The van der Waals surface area contributed by atoms with Crippen molar-refractivity contribution >= 4 is 12.1 Å². The molecule has 0 atom stereocenters. The summed E-state index contributed by atoms with van der Waals surface area (Å²) in [5.41, 5.74) is 0.444. The second-order valence-corrected chi connectivity index (χ2v) is 17.8. The van der Waals surface area contributed by atoms with Gasteiger partial charge >= 0.3 is 12.1 Å². The van der Waals surface area contributed by atoms with Crippen LogP contribution in [0.15, 0.2) is 0 Å². The molecule has 0 unspecified atom stereocenters. The zero-order valence-corrected chi connectivity index (χ0v) is 34.9. The number of carbonyl (C=O) groups is 2. The first kappa shape index (κ1) is 46.0. The number of hydrogen-bond donors (Lipinski definition) is 1. The van der Waals surface area contributed by atoms with E-state index >= 15 is 0 Å². The number of unbranched alkanes of at least 4 members (excludes halogenated alkanes) is 17. The first-order chi connectivity index (χ1) is 25.9. The smallest absolute Gasteiger partial charge is 0.462 e. The van der Waals surface area contributed by atoms with Gasteiger partial charge < -0.3 is 24.2 Å². The lowest BCUT2D eigenvalue weighted by molar-refractivity contribution is -0.150. The van der Waals surface area contributed by atoms with Gasteiger partial charge in [-0.3, -0.25) is 4.79 Å². The van der Waals surface area contributed by atoms with E-state index in [1.165, 1.54) is 116 Å². The first-order valence-corrected chi connectivity index (χ1v) is 23.3. The number of rotatable bonds is 35. The van der Waals surface area contributed by atoms with E-state index in [-0.39, 0.29) is 18.7 Å². The molecule has 0 aliphatic heterocycles. The summed E-state index contributed by atoms with van der Waals surface area (Å²) in [6.07, 6.45) is 36.5. The van der Waals surface area contributed by atoms with Crippen LogP contribution in [0.5, 0.6) is 0 Å². The summed E-state index contributed by atoms with van der Waals surface area (Å²) >= 11 is 0. The molecule has 0 spiro atoms. The topological polar surface area (TPSA) is 85.3 Å². The fourth-order valence-corrected chi connectivity index (χ4v) is 10.4. The van der Waals surface area contributed by atoms with E-state index in [0.717, 1.165) is 114 Å². The lowest BCUT2D eigenvalue weighted by Crippen LogP contribution is -2.46. The van der Waals surface area contributed by atoms with Crippen LogP contribution in [0.4, 0.5) is 4.79 Å². The average Bonchev–Trinajstić information content (AvgIpc) is 3.12. The Balaban J connectivity index is 1.14. The zero-order chi connectivity index (χ0) is 37.8. The molecule has 4 rings (SSSR count). The third kappa shape index (κ3) is 21.0. The Morgan fingerprint density at radius 2 is 1.08 bits per heavy atom. The lowest BCUT2D eigenvalue weighted by atomic mass is 9.49. The predicted molar refractivity (Wildman–Crippen MR) is 218 cm³/mol. The normalized spacial score (nSPS) is 21.9. The molecule has 0 saturated heterocycles. The highest BCUT2D eigenvalue weighted by atomic mass is 16.7. The minimum atomic E-state index is -0.491. The molecular weight excluding hydrogens is 663 g/mol. The molecule has 310 valence electrons. The van der Waals surface area contributed by atoms with Crippen molar-refractivity contribution in [2.45, 2.75) is 219 Å². The number of aliphatic hydroxyl groups is 1. The maximum Gasteiger partial charge on any atom is 0.508 e. The van der Waals surface area contributed by atoms with Crippen molar-refractivity contribution in [2.24, 2.45) is 23.2 Å². The van der Waals surface area contributed by atoms with Gasteiger partial charge in [-0.1, -0.05) is 110 Å². The van der Waals surface area contributed by atoms with Crippen LogP contribution in [-0.4, -0.2) is 67.7 Å². The van der Waals surface area contributed by atoms with E-state index in [1.54, 1.807) is 0 Å². The van der Waals surface area contributed by atoms with Crippen molar-refractivity contribution in [3.05, 3.63) is 0 Å². The third-order valence-corrected chi connectivity index (χ3v) is 12.9. The molecule has 0 aromatic carbocycles. The van der Waals surface area contributed by atoms with Crippen molar-refractivity contribution in [1.82, 2.24) is 4.90 Å². The summed E-state index contributed by atoms with van der Waals surface area (Å²) in [6.45, 7) is 8.40. The van der Waals surface area contributed by atoms with Crippen LogP contribution in [0.25, 0.3) is 0 Å². The lowest BCUT2D eigenvalue weighted by Gasteiger charge is -2.57. The molecule has 0 radical (unpaired) electrons. The van der Waals surface area contributed by atoms with Gasteiger partial charge in [0.05, 0.1) is 19.8 Å². The van der Waals surface area contributed by atoms with Crippen LogP contribution < -0.4 is 0 Å². The summed E-state index contributed by atoms with van der Waals surface area (Å²) in [5, 5.41) is 9.58. The SMILES string of the molecule is CCCCCCCCC(CCCCCCCC)OC(=O)CCCCCCCN(CCO)CCCCCCOC(=O)OCCC12CC3CC(CC(C3)C1)C2. The van der Waals surface area contributed by atoms with Crippen molar-refractivity contribution in [1.29, 1.82) is 0 Å². The molecular formula is C46H85NO6. The highest BCUT2D eigenvalue weighted by Gasteiger charge is 2.50. The third-order valence-electron chi connectivity index (χ3n) is 12.9. The van der Waals surface area contributed by atoms with Crippen LogP contribution in [0, 0.1) is 23.2 Å². The molecule has 4 bridgehead atoms. The molecule has 0 aromatic heterocycles. The van der Waals surface area contributed by atoms with Crippen LogP contribution in [-0.2, 0) is 19.0 Å². The highest BCUT2D eigenvalue weighted by Crippen LogP contribution is 2.61. The molecule has 4 aliphatic carbocycles. The summed E-state index contributed by atoms with van der Waals surface area (Å²) in [7, 11) is 0. The molecule has 7 heteroatoms. The van der Waals surface area contributed by atoms with Gasteiger partial charge in [0, 0.05) is 13.0 Å². The fraction of sp³-hybridized carbons (Fsp3) is 0.957. The largest absolute Gasteiger partial charge is 0.508 e. The Morgan fingerprint density at radius 1 is 0.604 bits per heavy atom. The predicted octanol–water partition coefficient (Wildman–Crippen LogP) is 12.4. The maximum absolute atomic E-state index is 12.7. The number of carbonyl (C=O) groups excluding carboxylic acids is 2. The van der Waals surface area contributed by atoms with E-state index in [0.29, 0.717) is 25.0 Å². The van der Waals surface area contributed by atoms with Gasteiger partial charge in [-0.15, -0.1) is 0 Å². The van der Waals surface area contributed by atoms with E-state index < -0.39 is 6.16 Å². The van der Waals surface area contributed by atoms with E-state index in [4.69, 9.17) is 14.2 Å². The van der Waals surface area contributed by atoms with Gasteiger partial charge in [-0.05, 0) is 133 Å². The summed E-state index contributed by atoms with van der Waals surface area (Å²) in [5.74, 6) is 2.80. The van der Waals surface area contributed by atoms with E-state index in [9.17, 15) is 14.7 Å².